The maximum Gasteiger partial charge on any atom is 0.0142 e. The SMILES string of the molecule is c1ccc(CC2NC3CCC2Cc2ccccc2C3)cc1. The van der Waals surface area contributed by atoms with Crippen molar-refractivity contribution in [1.29, 1.82) is 0 Å². The topological polar surface area (TPSA) is 12.0 Å². The first kappa shape index (κ1) is 13.1. The molecule has 1 fully saturated rings. The maximum atomic E-state index is 3.94. The number of hydrogen-bond acceptors (Lipinski definition) is 1. The highest BCUT2D eigenvalue weighted by Crippen LogP contribution is 2.32. The van der Waals surface area contributed by atoms with Crippen molar-refractivity contribution in [2.45, 2.75) is 44.2 Å². The van der Waals surface area contributed by atoms with Gasteiger partial charge in [-0.25, -0.2) is 0 Å². The molecule has 1 saturated heterocycles. The third-order valence-electron chi connectivity index (χ3n) is 5.27. The highest BCUT2D eigenvalue weighted by molar-refractivity contribution is 5.30. The van der Waals surface area contributed by atoms with Gasteiger partial charge in [0.25, 0.3) is 0 Å². The summed E-state index contributed by atoms with van der Waals surface area (Å²) in [5.74, 6) is 0.780. The van der Waals surface area contributed by atoms with Crippen LogP contribution in [0.5, 0.6) is 0 Å². The summed E-state index contributed by atoms with van der Waals surface area (Å²) in [5, 5.41) is 3.94. The Balaban J connectivity index is 1.59. The smallest absolute Gasteiger partial charge is 0.0142 e. The largest absolute Gasteiger partial charge is 0.310 e. The molecule has 108 valence electrons. The summed E-state index contributed by atoms with van der Waals surface area (Å²) in [6.45, 7) is 0. The molecule has 3 atom stereocenters. The van der Waals surface area contributed by atoms with Crippen LogP contribution in [0.1, 0.15) is 29.5 Å². The maximum absolute atomic E-state index is 3.94. The van der Waals surface area contributed by atoms with Crippen molar-refractivity contribution >= 4 is 0 Å². The van der Waals surface area contributed by atoms with E-state index in [9.17, 15) is 0 Å². The summed E-state index contributed by atoms with van der Waals surface area (Å²) < 4.78 is 0. The Hall–Kier alpha value is -1.60. The van der Waals surface area contributed by atoms with Gasteiger partial charge in [0.15, 0.2) is 0 Å². The van der Waals surface area contributed by atoms with Crippen molar-refractivity contribution in [2.24, 2.45) is 5.92 Å². The second kappa shape index (κ2) is 5.65. The van der Waals surface area contributed by atoms with Crippen LogP contribution in [0.3, 0.4) is 0 Å². The fourth-order valence-electron chi connectivity index (χ4n) is 4.14. The Morgan fingerprint density at radius 2 is 1.52 bits per heavy atom. The Bertz CT molecular complexity index is 604. The highest BCUT2D eigenvalue weighted by Gasteiger charge is 2.32. The van der Waals surface area contributed by atoms with Crippen molar-refractivity contribution < 1.29 is 0 Å². The minimum absolute atomic E-state index is 0.638. The average Bonchev–Trinajstić information content (AvgIpc) is 2.49. The van der Waals surface area contributed by atoms with Crippen molar-refractivity contribution in [1.82, 2.24) is 5.32 Å². The van der Waals surface area contributed by atoms with E-state index in [0.29, 0.717) is 12.1 Å². The molecule has 0 radical (unpaired) electrons. The van der Waals surface area contributed by atoms with E-state index in [2.05, 4.69) is 59.9 Å². The Kier molecular flexibility index (Phi) is 3.52. The van der Waals surface area contributed by atoms with Gasteiger partial charge in [0.05, 0.1) is 0 Å². The first-order chi connectivity index (χ1) is 10.4. The Labute approximate surface area is 127 Å². The van der Waals surface area contributed by atoms with Gasteiger partial charge >= 0.3 is 0 Å². The van der Waals surface area contributed by atoms with E-state index in [1.165, 1.54) is 37.7 Å². The van der Waals surface area contributed by atoms with Gasteiger partial charge in [-0.3, -0.25) is 0 Å². The van der Waals surface area contributed by atoms with Crippen LogP contribution in [0.15, 0.2) is 54.6 Å². The molecule has 1 N–H and O–H groups in total. The normalized spacial score (nSPS) is 27.7. The molecular weight excluding hydrogens is 254 g/mol. The lowest BCUT2D eigenvalue weighted by molar-refractivity contribution is 0.217. The van der Waals surface area contributed by atoms with Crippen molar-refractivity contribution in [3.8, 4) is 0 Å². The lowest BCUT2D eigenvalue weighted by atomic mass is 9.75. The lowest BCUT2D eigenvalue weighted by Crippen LogP contribution is -2.51. The van der Waals surface area contributed by atoms with Crippen LogP contribution >= 0.6 is 0 Å². The molecule has 0 amide bonds. The first-order valence-electron chi connectivity index (χ1n) is 8.25. The van der Waals surface area contributed by atoms with Gasteiger partial charge in [-0.1, -0.05) is 54.6 Å². The molecule has 2 heterocycles. The van der Waals surface area contributed by atoms with Crippen molar-refractivity contribution in [3.05, 3.63) is 71.3 Å². The second-order valence-electron chi connectivity index (χ2n) is 6.67. The highest BCUT2D eigenvalue weighted by atomic mass is 15.0. The van der Waals surface area contributed by atoms with Crippen LogP contribution < -0.4 is 5.32 Å². The molecule has 3 aliphatic rings. The molecule has 1 nitrogen and oxygen atoms in total. The number of nitrogens with one attached hydrogen (secondary N) is 1. The zero-order valence-electron chi connectivity index (χ0n) is 12.5. The van der Waals surface area contributed by atoms with E-state index < -0.39 is 0 Å². The van der Waals surface area contributed by atoms with E-state index in [1.54, 1.807) is 11.1 Å². The number of rotatable bonds is 2. The summed E-state index contributed by atoms with van der Waals surface area (Å²) in [5.41, 5.74) is 4.62. The van der Waals surface area contributed by atoms with Crippen LogP contribution in [0.2, 0.25) is 0 Å². The molecule has 1 heteroatoms. The molecule has 2 bridgehead atoms. The van der Waals surface area contributed by atoms with Crippen LogP contribution in [0, 0.1) is 5.92 Å². The minimum atomic E-state index is 0.638. The molecule has 0 aromatic heterocycles. The monoisotopic (exact) mass is 277 g/mol. The quantitative estimate of drug-likeness (QED) is 0.881. The van der Waals surface area contributed by atoms with E-state index in [4.69, 9.17) is 0 Å². The second-order valence-corrected chi connectivity index (χ2v) is 6.67. The van der Waals surface area contributed by atoms with E-state index in [-0.39, 0.29) is 0 Å². The average molecular weight is 277 g/mol. The number of fused-ring (bicyclic) bond motifs is 2. The van der Waals surface area contributed by atoms with Crippen LogP contribution in [0.4, 0.5) is 0 Å². The number of piperidine rings is 1. The van der Waals surface area contributed by atoms with Crippen molar-refractivity contribution in [2.75, 3.05) is 0 Å². The van der Waals surface area contributed by atoms with Crippen LogP contribution in [-0.4, -0.2) is 12.1 Å². The van der Waals surface area contributed by atoms with Crippen LogP contribution in [0.25, 0.3) is 0 Å². The zero-order valence-corrected chi connectivity index (χ0v) is 12.5. The zero-order chi connectivity index (χ0) is 14.1. The standard InChI is InChI=1S/C20H23N/c1-2-6-15(7-3-1)12-20-18-10-11-19(21-20)14-17-9-5-4-8-16(17)13-18/h1-9,18-21H,10-14H2. The molecule has 3 unspecified atom stereocenters. The fourth-order valence-corrected chi connectivity index (χ4v) is 4.14. The van der Waals surface area contributed by atoms with Gasteiger partial charge in [0.2, 0.25) is 0 Å². The minimum Gasteiger partial charge on any atom is -0.310 e. The third kappa shape index (κ3) is 2.75. The molecule has 5 rings (SSSR count). The van der Waals surface area contributed by atoms with Gasteiger partial charge in [0, 0.05) is 12.1 Å². The Morgan fingerprint density at radius 1 is 0.810 bits per heavy atom. The van der Waals surface area contributed by atoms with E-state index in [1.807, 2.05) is 0 Å². The molecule has 2 aliphatic heterocycles. The lowest BCUT2D eigenvalue weighted by Gasteiger charge is -2.41. The molecular formula is C20H23N. The first-order valence-corrected chi connectivity index (χ1v) is 8.25. The van der Waals surface area contributed by atoms with Gasteiger partial charge in [-0.05, 0) is 54.7 Å². The summed E-state index contributed by atoms with van der Waals surface area (Å²) in [6.07, 6.45) is 6.33. The third-order valence-corrected chi connectivity index (χ3v) is 5.27. The van der Waals surface area contributed by atoms with Crippen LogP contribution in [-0.2, 0) is 19.3 Å². The Morgan fingerprint density at radius 3 is 2.33 bits per heavy atom. The molecule has 21 heavy (non-hydrogen) atoms. The van der Waals surface area contributed by atoms with Gasteiger partial charge in [0.1, 0.15) is 0 Å². The summed E-state index contributed by atoms with van der Waals surface area (Å²) in [6, 6.07) is 21.3. The molecule has 2 aromatic rings. The van der Waals surface area contributed by atoms with Crippen molar-refractivity contribution in [3.63, 3.8) is 0 Å². The van der Waals surface area contributed by atoms with E-state index >= 15 is 0 Å². The molecule has 1 aliphatic carbocycles. The molecule has 0 spiro atoms. The van der Waals surface area contributed by atoms with Gasteiger partial charge in [-0.2, -0.15) is 0 Å². The number of hydrogen-bond donors (Lipinski definition) is 1. The predicted molar refractivity (Wildman–Crippen MR) is 87.4 cm³/mol. The van der Waals surface area contributed by atoms with Gasteiger partial charge < -0.3 is 5.32 Å². The summed E-state index contributed by atoms with van der Waals surface area (Å²) in [4.78, 5) is 0. The molecule has 2 aromatic carbocycles. The fraction of sp³-hybridized carbons (Fsp3) is 0.400. The molecule has 0 saturated carbocycles. The summed E-state index contributed by atoms with van der Waals surface area (Å²) >= 11 is 0. The number of benzene rings is 2. The van der Waals surface area contributed by atoms with E-state index in [0.717, 1.165) is 5.92 Å². The van der Waals surface area contributed by atoms with Gasteiger partial charge in [-0.15, -0.1) is 0 Å². The predicted octanol–water partition coefficient (Wildman–Crippen LogP) is 3.76. The summed E-state index contributed by atoms with van der Waals surface area (Å²) in [7, 11) is 0.